The summed E-state index contributed by atoms with van der Waals surface area (Å²) in [6.07, 6.45) is 9.24. The Morgan fingerprint density at radius 2 is 1.68 bits per heavy atom. The van der Waals surface area contributed by atoms with Crippen LogP contribution in [-0.2, 0) is 22.4 Å². The van der Waals surface area contributed by atoms with Crippen molar-refractivity contribution in [2.75, 3.05) is 19.6 Å². The standard InChI is InChI=1S/C31H26Cl2N2O2/c32-25-7-3-20(4-8-25)16-28-24(18-29(36)37-28)19-35-14-11-21(12-15-35)30-27-10-9-26(33)17-23(27)6-5-22-2-1-13-34-31(22)30/h1-4,7-10,13,16-18H,5-6,11-12,14-15,19H2/b28-16-. The lowest BCUT2D eigenvalue weighted by molar-refractivity contribution is -0.132. The van der Waals surface area contributed by atoms with Gasteiger partial charge in [0.05, 0.1) is 5.69 Å². The number of fused-ring (bicyclic) bond motifs is 2. The number of hydrogen-bond donors (Lipinski definition) is 0. The first-order chi connectivity index (χ1) is 18.0. The van der Waals surface area contributed by atoms with E-state index >= 15 is 0 Å². The average Bonchev–Trinajstić information content (AvgIpc) is 3.15. The van der Waals surface area contributed by atoms with E-state index in [9.17, 15) is 4.79 Å². The molecule has 0 bridgehead atoms. The van der Waals surface area contributed by atoms with Gasteiger partial charge >= 0.3 is 5.97 Å². The average molecular weight is 529 g/mol. The van der Waals surface area contributed by atoms with Crippen molar-refractivity contribution in [3.8, 4) is 0 Å². The third kappa shape index (κ3) is 5.15. The Labute approximate surface area is 226 Å². The third-order valence-electron chi connectivity index (χ3n) is 7.32. The van der Waals surface area contributed by atoms with Gasteiger partial charge in [-0.05, 0) is 84.3 Å². The fourth-order valence-electron chi connectivity index (χ4n) is 5.48. The van der Waals surface area contributed by atoms with E-state index in [2.05, 4.69) is 23.1 Å². The molecule has 3 aliphatic rings. The maximum atomic E-state index is 12.1. The number of benzene rings is 2. The molecule has 1 aliphatic carbocycles. The van der Waals surface area contributed by atoms with Crippen molar-refractivity contribution in [2.45, 2.75) is 25.7 Å². The lowest BCUT2D eigenvalue weighted by Crippen LogP contribution is -2.33. The minimum absolute atomic E-state index is 0.313. The summed E-state index contributed by atoms with van der Waals surface area (Å²) >= 11 is 12.4. The second-order valence-electron chi connectivity index (χ2n) is 9.72. The highest BCUT2D eigenvalue weighted by Gasteiger charge is 2.27. The van der Waals surface area contributed by atoms with Gasteiger partial charge in [-0.25, -0.2) is 4.79 Å². The second kappa shape index (κ2) is 10.3. The van der Waals surface area contributed by atoms with E-state index in [1.165, 1.54) is 27.8 Å². The summed E-state index contributed by atoms with van der Waals surface area (Å²) in [7, 11) is 0. The van der Waals surface area contributed by atoms with Crippen molar-refractivity contribution < 1.29 is 9.53 Å². The van der Waals surface area contributed by atoms with Crippen LogP contribution >= 0.6 is 23.2 Å². The Kier molecular flexibility index (Phi) is 6.72. The number of nitrogens with zero attached hydrogens (tertiary/aromatic N) is 2. The molecule has 0 unspecified atom stereocenters. The zero-order chi connectivity index (χ0) is 25.4. The number of carbonyl (C=O) groups excluding carboxylic acids is 1. The van der Waals surface area contributed by atoms with Crippen LogP contribution in [0, 0.1) is 0 Å². The maximum absolute atomic E-state index is 12.1. The molecular formula is C31H26Cl2N2O2. The van der Waals surface area contributed by atoms with Crippen molar-refractivity contribution in [3.05, 3.63) is 122 Å². The molecule has 6 rings (SSSR count). The molecule has 2 aliphatic heterocycles. The van der Waals surface area contributed by atoms with E-state index < -0.39 is 0 Å². The van der Waals surface area contributed by atoms with Crippen molar-refractivity contribution in [1.82, 2.24) is 9.88 Å². The van der Waals surface area contributed by atoms with Crippen LogP contribution in [0.1, 0.15) is 40.8 Å². The lowest BCUT2D eigenvalue weighted by Gasteiger charge is -2.30. The van der Waals surface area contributed by atoms with Gasteiger partial charge in [0.15, 0.2) is 0 Å². The van der Waals surface area contributed by atoms with E-state index in [0.717, 1.165) is 60.6 Å². The summed E-state index contributed by atoms with van der Waals surface area (Å²) in [5.74, 6) is 0.301. The van der Waals surface area contributed by atoms with Gasteiger partial charge in [0.2, 0.25) is 0 Å². The molecule has 1 saturated heterocycles. The van der Waals surface area contributed by atoms with Crippen LogP contribution < -0.4 is 0 Å². The molecule has 1 aromatic heterocycles. The minimum Gasteiger partial charge on any atom is -0.423 e. The summed E-state index contributed by atoms with van der Waals surface area (Å²) in [5.41, 5.74) is 9.53. The van der Waals surface area contributed by atoms with E-state index in [-0.39, 0.29) is 5.97 Å². The topological polar surface area (TPSA) is 42.4 Å². The monoisotopic (exact) mass is 528 g/mol. The number of cyclic esters (lactones) is 1. The zero-order valence-electron chi connectivity index (χ0n) is 20.3. The van der Waals surface area contributed by atoms with Gasteiger partial charge in [-0.1, -0.05) is 53.0 Å². The number of likely N-dealkylation sites (tertiary alicyclic amines) is 1. The Bertz CT molecular complexity index is 1460. The van der Waals surface area contributed by atoms with Crippen LogP contribution in [0.15, 0.2) is 83.8 Å². The summed E-state index contributed by atoms with van der Waals surface area (Å²) in [6, 6.07) is 18.0. The smallest absolute Gasteiger partial charge is 0.336 e. The van der Waals surface area contributed by atoms with Gasteiger partial charge in [0.25, 0.3) is 0 Å². The molecule has 0 spiro atoms. The van der Waals surface area contributed by atoms with Crippen LogP contribution in [0.4, 0.5) is 0 Å². The number of rotatable bonds is 3. The number of ether oxygens (including phenoxy) is 1. The van der Waals surface area contributed by atoms with E-state index in [1.807, 2.05) is 48.7 Å². The van der Waals surface area contributed by atoms with E-state index in [1.54, 1.807) is 6.08 Å². The first-order valence-electron chi connectivity index (χ1n) is 12.6. The molecule has 6 heteroatoms. The van der Waals surface area contributed by atoms with Crippen molar-refractivity contribution in [1.29, 1.82) is 0 Å². The molecular weight excluding hydrogens is 503 g/mol. The predicted molar refractivity (Wildman–Crippen MR) is 148 cm³/mol. The third-order valence-corrected chi connectivity index (χ3v) is 7.81. The van der Waals surface area contributed by atoms with Gasteiger partial charge in [0, 0.05) is 53.1 Å². The molecule has 0 atom stereocenters. The summed E-state index contributed by atoms with van der Waals surface area (Å²) in [6.45, 7) is 2.49. The second-order valence-corrected chi connectivity index (χ2v) is 10.6. The number of aromatic nitrogens is 1. The molecule has 3 heterocycles. The van der Waals surface area contributed by atoms with Gasteiger partial charge in [0.1, 0.15) is 5.76 Å². The molecule has 37 heavy (non-hydrogen) atoms. The van der Waals surface area contributed by atoms with Gasteiger partial charge in [-0.3, -0.25) is 9.88 Å². The molecule has 2 aromatic carbocycles. The zero-order valence-corrected chi connectivity index (χ0v) is 21.9. The largest absolute Gasteiger partial charge is 0.423 e. The Morgan fingerprint density at radius 3 is 2.49 bits per heavy atom. The quantitative estimate of drug-likeness (QED) is 0.346. The highest BCUT2D eigenvalue weighted by molar-refractivity contribution is 6.31. The van der Waals surface area contributed by atoms with Gasteiger partial charge < -0.3 is 4.74 Å². The SMILES string of the molecule is O=C1C=C(CN2CCC(=C3c4ccc(Cl)cc4CCc4cccnc43)CC2)/C(=C/c2ccc(Cl)cc2)O1. The van der Waals surface area contributed by atoms with Crippen LogP contribution in [0.25, 0.3) is 11.6 Å². The summed E-state index contributed by atoms with van der Waals surface area (Å²) in [5, 5.41) is 1.46. The number of halogens is 2. The molecule has 1 fully saturated rings. The molecule has 0 radical (unpaired) electrons. The highest BCUT2D eigenvalue weighted by atomic mass is 35.5. The van der Waals surface area contributed by atoms with Crippen LogP contribution in [0.3, 0.4) is 0 Å². The summed E-state index contributed by atoms with van der Waals surface area (Å²) < 4.78 is 5.51. The Balaban J connectivity index is 1.25. The number of esters is 1. The predicted octanol–water partition coefficient (Wildman–Crippen LogP) is 6.91. The Hall–Kier alpha value is -3.18. The fourth-order valence-corrected chi connectivity index (χ4v) is 5.80. The first-order valence-corrected chi connectivity index (χ1v) is 13.4. The van der Waals surface area contributed by atoms with E-state index in [4.69, 9.17) is 32.9 Å². The molecule has 0 amide bonds. The molecule has 3 aromatic rings. The maximum Gasteiger partial charge on any atom is 0.336 e. The number of pyridine rings is 1. The number of hydrogen-bond acceptors (Lipinski definition) is 4. The number of carbonyl (C=O) groups is 1. The number of piperidine rings is 1. The van der Waals surface area contributed by atoms with Crippen LogP contribution in [0.5, 0.6) is 0 Å². The molecule has 4 nitrogen and oxygen atoms in total. The van der Waals surface area contributed by atoms with Crippen LogP contribution in [0.2, 0.25) is 10.0 Å². The fraction of sp³-hybridized carbons (Fsp3) is 0.226. The van der Waals surface area contributed by atoms with Gasteiger partial charge in [-0.15, -0.1) is 0 Å². The van der Waals surface area contributed by atoms with Crippen LogP contribution in [-0.4, -0.2) is 35.5 Å². The lowest BCUT2D eigenvalue weighted by atomic mass is 9.88. The molecule has 0 N–H and O–H groups in total. The normalized spacial score (nSPS) is 18.8. The van der Waals surface area contributed by atoms with E-state index in [0.29, 0.717) is 17.3 Å². The van der Waals surface area contributed by atoms with Crippen molar-refractivity contribution in [2.24, 2.45) is 0 Å². The molecule has 0 saturated carbocycles. The minimum atomic E-state index is -0.313. The Morgan fingerprint density at radius 1 is 0.919 bits per heavy atom. The highest BCUT2D eigenvalue weighted by Crippen LogP contribution is 2.38. The van der Waals surface area contributed by atoms with Crippen molar-refractivity contribution >= 4 is 40.8 Å². The van der Waals surface area contributed by atoms with Gasteiger partial charge in [-0.2, -0.15) is 0 Å². The van der Waals surface area contributed by atoms with Crippen molar-refractivity contribution in [3.63, 3.8) is 0 Å². The summed E-state index contributed by atoms with van der Waals surface area (Å²) in [4.78, 5) is 19.3. The first kappa shape index (κ1) is 24.2. The molecule has 186 valence electrons. The number of aryl methyl sites for hydroxylation is 2.